The standard InChI is InChI=1S/C13H21N5O3/c1-9-13(18(20)21)10(2)17(15-9)7-5-12(19)16-6-3-4-11(14)8-16/h11H,3-8,14H2,1-2H3. The van der Waals surface area contributed by atoms with Crippen molar-refractivity contribution in [2.45, 2.75) is 45.7 Å². The van der Waals surface area contributed by atoms with Crippen molar-refractivity contribution in [1.82, 2.24) is 14.7 Å². The Balaban J connectivity index is 1.98. The molecule has 1 fully saturated rings. The van der Waals surface area contributed by atoms with E-state index in [-0.39, 0.29) is 24.1 Å². The van der Waals surface area contributed by atoms with E-state index in [1.165, 1.54) is 4.68 Å². The molecule has 1 atom stereocenters. The van der Waals surface area contributed by atoms with Crippen LogP contribution in [0.3, 0.4) is 0 Å². The Labute approximate surface area is 123 Å². The number of aryl methyl sites for hydroxylation is 2. The van der Waals surface area contributed by atoms with Crippen molar-refractivity contribution in [1.29, 1.82) is 0 Å². The molecule has 0 spiro atoms. The van der Waals surface area contributed by atoms with Gasteiger partial charge >= 0.3 is 5.69 Å². The number of piperidine rings is 1. The molecule has 1 aromatic rings. The molecule has 2 rings (SSSR count). The van der Waals surface area contributed by atoms with Crippen LogP contribution in [0.25, 0.3) is 0 Å². The zero-order valence-corrected chi connectivity index (χ0v) is 12.4. The molecule has 2 N–H and O–H groups in total. The molecule has 0 radical (unpaired) electrons. The highest BCUT2D eigenvalue weighted by Crippen LogP contribution is 2.22. The van der Waals surface area contributed by atoms with Gasteiger partial charge in [0.05, 0.1) is 11.5 Å². The largest absolute Gasteiger partial charge is 0.341 e. The number of carbonyl (C=O) groups is 1. The molecule has 1 aliphatic rings. The summed E-state index contributed by atoms with van der Waals surface area (Å²) in [6, 6.07) is 0.0532. The number of likely N-dealkylation sites (tertiary alicyclic amines) is 1. The van der Waals surface area contributed by atoms with Gasteiger partial charge in [-0.15, -0.1) is 0 Å². The second-order valence-corrected chi connectivity index (χ2v) is 5.49. The minimum Gasteiger partial charge on any atom is -0.341 e. The van der Waals surface area contributed by atoms with Crippen molar-refractivity contribution >= 4 is 11.6 Å². The summed E-state index contributed by atoms with van der Waals surface area (Å²) in [6.45, 7) is 4.94. The Hall–Kier alpha value is -1.96. The summed E-state index contributed by atoms with van der Waals surface area (Å²) < 4.78 is 1.54. The third-order valence-corrected chi connectivity index (χ3v) is 3.87. The smallest absolute Gasteiger partial charge is 0.312 e. The van der Waals surface area contributed by atoms with E-state index in [4.69, 9.17) is 5.73 Å². The number of rotatable bonds is 4. The molecule has 8 nitrogen and oxygen atoms in total. The lowest BCUT2D eigenvalue weighted by Gasteiger charge is -2.30. The van der Waals surface area contributed by atoms with Gasteiger partial charge in [-0.25, -0.2) is 0 Å². The molecular formula is C13H21N5O3. The van der Waals surface area contributed by atoms with Gasteiger partial charge in [0.15, 0.2) is 0 Å². The van der Waals surface area contributed by atoms with Gasteiger partial charge < -0.3 is 10.6 Å². The number of nitro groups is 1. The lowest BCUT2D eigenvalue weighted by molar-refractivity contribution is -0.386. The molecule has 1 amide bonds. The van der Waals surface area contributed by atoms with Crippen LogP contribution in [0.5, 0.6) is 0 Å². The minimum absolute atomic E-state index is 0.0281. The van der Waals surface area contributed by atoms with Gasteiger partial charge in [0.25, 0.3) is 0 Å². The van der Waals surface area contributed by atoms with Crippen molar-refractivity contribution in [3.8, 4) is 0 Å². The van der Waals surface area contributed by atoms with Gasteiger partial charge in [0.2, 0.25) is 5.91 Å². The SMILES string of the molecule is Cc1nn(CCC(=O)N2CCCC(N)C2)c(C)c1[N+](=O)[O-]. The maximum Gasteiger partial charge on any atom is 0.312 e. The number of nitrogens with two attached hydrogens (primary N) is 1. The van der Waals surface area contributed by atoms with E-state index in [0.29, 0.717) is 24.5 Å². The third kappa shape index (κ3) is 3.38. The Bertz CT molecular complexity index is 554. The normalized spacial score (nSPS) is 18.8. The van der Waals surface area contributed by atoms with E-state index in [1.807, 2.05) is 0 Å². The molecule has 0 aromatic carbocycles. The molecule has 21 heavy (non-hydrogen) atoms. The van der Waals surface area contributed by atoms with Gasteiger partial charge in [0.1, 0.15) is 11.4 Å². The zero-order valence-electron chi connectivity index (χ0n) is 12.4. The van der Waals surface area contributed by atoms with E-state index in [2.05, 4.69) is 5.10 Å². The van der Waals surface area contributed by atoms with Crippen molar-refractivity contribution in [2.75, 3.05) is 13.1 Å². The second kappa shape index (κ2) is 6.21. The van der Waals surface area contributed by atoms with Crippen LogP contribution in [0.15, 0.2) is 0 Å². The Kier molecular flexibility index (Phi) is 4.56. The lowest BCUT2D eigenvalue weighted by Crippen LogP contribution is -2.45. The lowest BCUT2D eigenvalue weighted by atomic mass is 10.1. The summed E-state index contributed by atoms with van der Waals surface area (Å²) in [5.74, 6) is 0.0281. The summed E-state index contributed by atoms with van der Waals surface area (Å²) in [5, 5.41) is 15.1. The first-order chi connectivity index (χ1) is 9.90. The summed E-state index contributed by atoms with van der Waals surface area (Å²) in [6.07, 6.45) is 2.16. The van der Waals surface area contributed by atoms with Crippen LogP contribution in [0.1, 0.15) is 30.7 Å². The Morgan fingerprint density at radius 2 is 2.24 bits per heavy atom. The van der Waals surface area contributed by atoms with E-state index < -0.39 is 4.92 Å². The summed E-state index contributed by atoms with van der Waals surface area (Å²) in [5.41, 5.74) is 6.76. The van der Waals surface area contributed by atoms with Gasteiger partial charge in [-0.05, 0) is 26.7 Å². The average Bonchev–Trinajstić information content (AvgIpc) is 2.70. The predicted octanol–water partition coefficient (Wildman–Crippen LogP) is 0.748. The van der Waals surface area contributed by atoms with E-state index >= 15 is 0 Å². The van der Waals surface area contributed by atoms with Crippen molar-refractivity contribution in [3.05, 3.63) is 21.5 Å². The highest BCUT2D eigenvalue weighted by atomic mass is 16.6. The first-order valence-electron chi connectivity index (χ1n) is 7.12. The molecule has 1 aromatic heterocycles. The molecule has 1 saturated heterocycles. The van der Waals surface area contributed by atoms with Crippen LogP contribution >= 0.6 is 0 Å². The fraction of sp³-hybridized carbons (Fsp3) is 0.692. The van der Waals surface area contributed by atoms with Crippen molar-refractivity contribution in [2.24, 2.45) is 5.73 Å². The summed E-state index contributed by atoms with van der Waals surface area (Å²) >= 11 is 0. The molecule has 1 aliphatic heterocycles. The number of amides is 1. The van der Waals surface area contributed by atoms with Crippen LogP contribution in [-0.4, -0.2) is 44.6 Å². The van der Waals surface area contributed by atoms with Crippen LogP contribution in [0.2, 0.25) is 0 Å². The maximum absolute atomic E-state index is 12.1. The third-order valence-electron chi connectivity index (χ3n) is 3.87. The molecule has 2 heterocycles. The highest BCUT2D eigenvalue weighted by Gasteiger charge is 2.24. The topological polar surface area (TPSA) is 107 Å². The molecule has 1 unspecified atom stereocenters. The molecule has 0 bridgehead atoms. The highest BCUT2D eigenvalue weighted by molar-refractivity contribution is 5.76. The van der Waals surface area contributed by atoms with E-state index in [1.54, 1.807) is 18.7 Å². The fourth-order valence-electron chi connectivity index (χ4n) is 2.77. The van der Waals surface area contributed by atoms with Crippen LogP contribution in [0, 0.1) is 24.0 Å². The Morgan fingerprint density at radius 3 is 2.81 bits per heavy atom. The second-order valence-electron chi connectivity index (χ2n) is 5.49. The van der Waals surface area contributed by atoms with Gasteiger partial charge in [-0.3, -0.25) is 19.6 Å². The Morgan fingerprint density at radius 1 is 1.52 bits per heavy atom. The first kappa shape index (κ1) is 15.4. The molecule has 0 aliphatic carbocycles. The van der Waals surface area contributed by atoms with E-state index in [0.717, 1.165) is 19.4 Å². The van der Waals surface area contributed by atoms with Gasteiger partial charge in [-0.2, -0.15) is 5.10 Å². The monoisotopic (exact) mass is 295 g/mol. The van der Waals surface area contributed by atoms with Crippen molar-refractivity contribution < 1.29 is 9.72 Å². The van der Waals surface area contributed by atoms with Gasteiger partial charge in [-0.1, -0.05) is 0 Å². The van der Waals surface area contributed by atoms with Crippen LogP contribution in [0.4, 0.5) is 5.69 Å². The number of aromatic nitrogens is 2. The predicted molar refractivity (Wildman–Crippen MR) is 76.8 cm³/mol. The number of hydrogen-bond donors (Lipinski definition) is 1. The average molecular weight is 295 g/mol. The number of hydrogen-bond acceptors (Lipinski definition) is 5. The molecule has 8 heteroatoms. The van der Waals surface area contributed by atoms with E-state index in [9.17, 15) is 14.9 Å². The summed E-state index contributed by atoms with van der Waals surface area (Å²) in [7, 11) is 0. The number of nitrogens with zero attached hydrogens (tertiary/aromatic N) is 4. The van der Waals surface area contributed by atoms with Crippen LogP contribution < -0.4 is 5.73 Å². The molecular weight excluding hydrogens is 274 g/mol. The number of carbonyl (C=O) groups excluding carboxylic acids is 1. The van der Waals surface area contributed by atoms with Crippen LogP contribution in [-0.2, 0) is 11.3 Å². The molecule has 0 saturated carbocycles. The minimum atomic E-state index is -0.431. The first-order valence-corrected chi connectivity index (χ1v) is 7.12. The zero-order chi connectivity index (χ0) is 15.6. The summed E-state index contributed by atoms with van der Waals surface area (Å²) in [4.78, 5) is 24.4. The maximum atomic E-state index is 12.1. The van der Waals surface area contributed by atoms with Gasteiger partial charge in [0, 0.05) is 25.6 Å². The fourth-order valence-corrected chi connectivity index (χ4v) is 2.77. The molecule has 116 valence electrons. The quantitative estimate of drug-likeness (QED) is 0.651. The van der Waals surface area contributed by atoms with Crippen molar-refractivity contribution in [3.63, 3.8) is 0 Å².